The molecule has 0 radical (unpaired) electrons. The highest BCUT2D eigenvalue weighted by atomic mass is 16.5. The third-order valence-corrected chi connectivity index (χ3v) is 3.70. The quantitative estimate of drug-likeness (QED) is 0.806. The van der Waals surface area contributed by atoms with Gasteiger partial charge in [-0.1, -0.05) is 6.07 Å². The van der Waals surface area contributed by atoms with Gasteiger partial charge in [-0.2, -0.15) is 0 Å². The van der Waals surface area contributed by atoms with Gasteiger partial charge in [0.05, 0.1) is 19.3 Å². The lowest BCUT2D eigenvalue weighted by Crippen LogP contribution is -2.01. The molecule has 0 saturated heterocycles. The highest BCUT2D eigenvalue weighted by molar-refractivity contribution is 5.97. The molecule has 0 saturated carbocycles. The van der Waals surface area contributed by atoms with Crippen molar-refractivity contribution in [1.29, 1.82) is 0 Å². The van der Waals surface area contributed by atoms with Crippen LogP contribution in [0.15, 0.2) is 30.6 Å². The van der Waals surface area contributed by atoms with Gasteiger partial charge < -0.3 is 9.30 Å². The van der Waals surface area contributed by atoms with Crippen molar-refractivity contribution < 1.29 is 9.53 Å². The smallest absolute Gasteiger partial charge is 0.213 e. The predicted molar refractivity (Wildman–Crippen MR) is 76.2 cm³/mol. The predicted octanol–water partition coefficient (Wildman–Crippen LogP) is 2.85. The molecule has 4 heteroatoms. The summed E-state index contributed by atoms with van der Waals surface area (Å²) in [7, 11) is 1.61. The van der Waals surface area contributed by atoms with Crippen LogP contribution in [0.1, 0.15) is 40.9 Å². The minimum Gasteiger partial charge on any atom is -0.481 e. The Balaban J connectivity index is 1.84. The second-order valence-electron chi connectivity index (χ2n) is 5.17. The van der Waals surface area contributed by atoms with E-state index in [4.69, 9.17) is 4.74 Å². The second kappa shape index (κ2) is 5.49. The molecule has 0 aliphatic heterocycles. The van der Waals surface area contributed by atoms with E-state index in [1.54, 1.807) is 7.11 Å². The number of aryl methyl sites for hydroxylation is 1. The third kappa shape index (κ3) is 2.59. The number of ether oxygens (including phenoxy) is 1. The van der Waals surface area contributed by atoms with Crippen LogP contribution in [0, 0.1) is 0 Å². The molecule has 2 heterocycles. The molecule has 104 valence electrons. The Hall–Kier alpha value is -2.10. The summed E-state index contributed by atoms with van der Waals surface area (Å²) in [6, 6.07) is 5.73. The highest BCUT2D eigenvalue weighted by Gasteiger charge is 2.17. The van der Waals surface area contributed by atoms with Gasteiger partial charge in [0.15, 0.2) is 5.78 Å². The van der Waals surface area contributed by atoms with E-state index in [0.29, 0.717) is 18.8 Å². The fraction of sp³-hybridized carbons (Fsp3) is 0.375. The van der Waals surface area contributed by atoms with E-state index in [2.05, 4.69) is 15.7 Å². The molecule has 4 nitrogen and oxygen atoms in total. The summed E-state index contributed by atoms with van der Waals surface area (Å²) in [5.41, 5.74) is 3.00. The van der Waals surface area contributed by atoms with Crippen LogP contribution in [-0.4, -0.2) is 22.4 Å². The lowest BCUT2D eigenvalue weighted by Gasteiger charge is -2.04. The van der Waals surface area contributed by atoms with Crippen molar-refractivity contribution in [3.8, 4) is 5.88 Å². The molecule has 2 aromatic heterocycles. The van der Waals surface area contributed by atoms with Gasteiger partial charge in [0.2, 0.25) is 5.88 Å². The molecule has 0 unspecified atom stereocenters. The van der Waals surface area contributed by atoms with Crippen LogP contribution in [0.5, 0.6) is 5.88 Å². The Kier molecular flexibility index (Phi) is 3.54. The minimum atomic E-state index is 0.273. The lowest BCUT2D eigenvalue weighted by atomic mass is 10.1. The highest BCUT2D eigenvalue weighted by Crippen LogP contribution is 2.22. The average Bonchev–Trinajstić information content (AvgIpc) is 2.78. The SMILES string of the molecule is COc1cccc(Cn2cc3c(c2)C(=O)CCCC3)n1. The summed E-state index contributed by atoms with van der Waals surface area (Å²) >= 11 is 0. The van der Waals surface area contributed by atoms with Gasteiger partial charge in [0.25, 0.3) is 0 Å². The Morgan fingerprint density at radius 2 is 2.10 bits per heavy atom. The van der Waals surface area contributed by atoms with Crippen molar-refractivity contribution in [2.75, 3.05) is 7.11 Å². The maximum Gasteiger partial charge on any atom is 0.213 e. The van der Waals surface area contributed by atoms with E-state index in [0.717, 1.165) is 30.5 Å². The first-order chi connectivity index (χ1) is 9.76. The van der Waals surface area contributed by atoms with Gasteiger partial charge in [-0.3, -0.25) is 4.79 Å². The van der Waals surface area contributed by atoms with Gasteiger partial charge in [0.1, 0.15) is 0 Å². The fourth-order valence-corrected chi connectivity index (χ4v) is 2.68. The number of fused-ring (bicyclic) bond motifs is 1. The number of hydrogen-bond acceptors (Lipinski definition) is 3. The maximum absolute atomic E-state index is 12.0. The molecule has 0 amide bonds. The van der Waals surface area contributed by atoms with Gasteiger partial charge in [0, 0.05) is 30.4 Å². The molecule has 1 aliphatic carbocycles. The van der Waals surface area contributed by atoms with Crippen molar-refractivity contribution in [1.82, 2.24) is 9.55 Å². The van der Waals surface area contributed by atoms with Crippen molar-refractivity contribution in [2.45, 2.75) is 32.2 Å². The maximum atomic E-state index is 12.0. The monoisotopic (exact) mass is 270 g/mol. The lowest BCUT2D eigenvalue weighted by molar-refractivity contribution is 0.0982. The summed E-state index contributed by atoms with van der Waals surface area (Å²) in [5.74, 6) is 0.891. The van der Waals surface area contributed by atoms with Crippen molar-refractivity contribution in [2.24, 2.45) is 0 Å². The largest absolute Gasteiger partial charge is 0.481 e. The number of Topliss-reactive ketones (excluding diaryl/α,β-unsaturated/α-hetero) is 1. The molecule has 0 atom stereocenters. The van der Waals surface area contributed by atoms with Gasteiger partial charge in [-0.25, -0.2) is 4.98 Å². The standard InChI is InChI=1S/C16H18N2O2/c1-20-16-8-4-6-13(17-16)10-18-9-12-5-2-3-7-15(19)14(12)11-18/h4,6,8-9,11H,2-3,5,7,10H2,1H3. The minimum absolute atomic E-state index is 0.273. The molecule has 3 rings (SSSR count). The van der Waals surface area contributed by atoms with Crippen LogP contribution < -0.4 is 4.74 Å². The van der Waals surface area contributed by atoms with Gasteiger partial charge >= 0.3 is 0 Å². The van der Waals surface area contributed by atoms with Crippen molar-refractivity contribution >= 4 is 5.78 Å². The summed E-state index contributed by atoms with van der Waals surface area (Å²) in [6.45, 7) is 0.664. The zero-order chi connectivity index (χ0) is 13.9. The number of carbonyl (C=O) groups is 1. The molecule has 0 aromatic carbocycles. The Bertz CT molecular complexity index is 631. The molecule has 1 aliphatic rings. The van der Waals surface area contributed by atoms with Crippen LogP contribution >= 0.6 is 0 Å². The van der Waals surface area contributed by atoms with Crippen molar-refractivity contribution in [3.05, 3.63) is 47.4 Å². The Labute approximate surface area is 118 Å². The number of pyridine rings is 1. The number of hydrogen-bond donors (Lipinski definition) is 0. The summed E-state index contributed by atoms with van der Waals surface area (Å²) < 4.78 is 7.18. The molecule has 0 bridgehead atoms. The zero-order valence-electron chi connectivity index (χ0n) is 11.6. The number of aromatic nitrogens is 2. The number of methoxy groups -OCH3 is 1. The van der Waals surface area contributed by atoms with Crippen LogP contribution in [-0.2, 0) is 13.0 Å². The molecule has 0 N–H and O–H groups in total. The van der Waals surface area contributed by atoms with Crippen LogP contribution in [0.25, 0.3) is 0 Å². The van der Waals surface area contributed by atoms with E-state index >= 15 is 0 Å². The molecule has 0 spiro atoms. The van der Waals surface area contributed by atoms with Crippen LogP contribution in [0.2, 0.25) is 0 Å². The van der Waals surface area contributed by atoms with E-state index in [9.17, 15) is 4.79 Å². The normalized spacial score (nSPS) is 14.8. The summed E-state index contributed by atoms with van der Waals surface area (Å²) in [6.07, 6.45) is 7.82. The number of rotatable bonds is 3. The van der Waals surface area contributed by atoms with E-state index < -0.39 is 0 Å². The van der Waals surface area contributed by atoms with Crippen LogP contribution in [0.3, 0.4) is 0 Å². The molecular formula is C16H18N2O2. The summed E-state index contributed by atoms with van der Waals surface area (Å²) in [5, 5.41) is 0. The zero-order valence-corrected chi connectivity index (χ0v) is 11.6. The average molecular weight is 270 g/mol. The first kappa shape index (κ1) is 12.9. The number of carbonyl (C=O) groups excluding carboxylic acids is 1. The molecule has 0 fully saturated rings. The van der Waals surface area contributed by atoms with Gasteiger partial charge in [-0.15, -0.1) is 0 Å². The second-order valence-corrected chi connectivity index (χ2v) is 5.17. The third-order valence-electron chi connectivity index (χ3n) is 3.70. The molecule has 20 heavy (non-hydrogen) atoms. The number of nitrogens with zero attached hydrogens (tertiary/aromatic N) is 2. The first-order valence-corrected chi connectivity index (χ1v) is 6.98. The first-order valence-electron chi connectivity index (χ1n) is 6.98. The number of ketones is 1. The van der Waals surface area contributed by atoms with Crippen molar-refractivity contribution in [3.63, 3.8) is 0 Å². The Morgan fingerprint density at radius 3 is 2.95 bits per heavy atom. The van der Waals surface area contributed by atoms with Crippen LogP contribution in [0.4, 0.5) is 0 Å². The topological polar surface area (TPSA) is 44.1 Å². The van der Waals surface area contributed by atoms with E-state index in [1.807, 2.05) is 24.4 Å². The van der Waals surface area contributed by atoms with E-state index in [-0.39, 0.29) is 5.78 Å². The molecule has 2 aromatic rings. The fourth-order valence-electron chi connectivity index (χ4n) is 2.68. The van der Waals surface area contributed by atoms with E-state index in [1.165, 1.54) is 5.56 Å². The Morgan fingerprint density at radius 1 is 1.25 bits per heavy atom. The van der Waals surface area contributed by atoms with Gasteiger partial charge in [-0.05, 0) is 30.9 Å². The summed E-state index contributed by atoms with van der Waals surface area (Å²) in [4.78, 5) is 16.4. The molecular weight excluding hydrogens is 252 g/mol.